The second kappa shape index (κ2) is 6.76. The second-order valence-electron chi connectivity index (χ2n) is 5.13. The number of nitrogens with zero attached hydrogens (tertiary/aromatic N) is 3. The number of hydrogen-bond acceptors (Lipinski definition) is 5. The summed E-state index contributed by atoms with van der Waals surface area (Å²) in [5.74, 6) is 0.574. The molecular weight excluding hydrogens is 256 g/mol. The number of morpholine rings is 1. The van der Waals surface area contributed by atoms with E-state index >= 15 is 0 Å². The van der Waals surface area contributed by atoms with Gasteiger partial charge in [0.1, 0.15) is 5.82 Å². The van der Waals surface area contributed by atoms with Crippen LogP contribution in [-0.4, -0.2) is 59.7 Å². The van der Waals surface area contributed by atoms with Crippen molar-refractivity contribution in [2.24, 2.45) is 0 Å². The van der Waals surface area contributed by atoms with E-state index in [4.69, 9.17) is 4.74 Å². The number of nitrogens with one attached hydrogen (secondary N) is 1. The Morgan fingerprint density at radius 3 is 3.05 bits per heavy atom. The highest BCUT2D eigenvalue weighted by Crippen LogP contribution is 2.06. The number of hydrogen-bond donors (Lipinski definition) is 1. The van der Waals surface area contributed by atoms with Gasteiger partial charge in [0.15, 0.2) is 0 Å². The van der Waals surface area contributed by atoms with Crippen LogP contribution in [-0.2, 0) is 4.74 Å². The van der Waals surface area contributed by atoms with Crippen LogP contribution in [0.2, 0.25) is 0 Å². The van der Waals surface area contributed by atoms with Crippen molar-refractivity contribution >= 4 is 5.91 Å². The maximum Gasteiger partial charge on any atom is 0.254 e. The molecule has 1 aromatic rings. The van der Waals surface area contributed by atoms with Gasteiger partial charge in [-0.05, 0) is 20.8 Å². The Bertz CT molecular complexity index is 478. The third-order valence-corrected chi connectivity index (χ3v) is 3.53. The minimum atomic E-state index is -0.108. The molecule has 1 aliphatic heterocycles. The molecule has 1 amide bonds. The van der Waals surface area contributed by atoms with Gasteiger partial charge in [0, 0.05) is 31.9 Å². The number of amides is 1. The van der Waals surface area contributed by atoms with Gasteiger partial charge in [-0.25, -0.2) is 9.97 Å². The summed E-state index contributed by atoms with van der Waals surface area (Å²) in [5.41, 5.74) is 1.26. The summed E-state index contributed by atoms with van der Waals surface area (Å²) in [6, 6.07) is 0.407. The molecular formula is C14H22N4O2. The predicted octanol–water partition coefficient (Wildman–Crippen LogP) is 0.544. The lowest BCUT2D eigenvalue weighted by molar-refractivity contribution is 0.000539. The fourth-order valence-electron chi connectivity index (χ4n) is 2.31. The van der Waals surface area contributed by atoms with Gasteiger partial charge in [-0.15, -0.1) is 0 Å². The first-order valence-electron chi connectivity index (χ1n) is 6.98. The van der Waals surface area contributed by atoms with Crippen molar-refractivity contribution in [3.05, 3.63) is 23.3 Å². The standard InChI is InChI=1S/C14H22N4O2/c1-10-9-20-7-6-18(10)5-4-15-14(19)13-8-16-12(3)17-11(13)2/h8,10H,4-7,9H2,1-3H3,(H,15,19). The molecule has 6 heteroatoms. The average molecular weight is 278 g/mol. The van der Waals surface area contributed by atoms with E-state index in [1.807, 2.05) is 13.8 Å². The van der Waals surface area contributed by atoms with Crippen LogP contribution in [0.5, 0.6) is 0 Å². The van der Waals surface area contributed by atoms with Gasteiger partial charge in [-0.1, -0.05) is 0 Å². The first-order chi connectivity index (χ1) is 9.58. The predicted molar refractivity (Wildman–Crippen MR) is 75.7 cm³/mol. The number of ether oxygens (including phenoxy) is 1. The third kappa shape index (κ3) is 3.74. The molecule has 1 atom stereocenters. The van der Waals surface area contributed by atoms with Crippen molar-refractivity contribution in [2.45, 2.75) is 26.8 Å². The van der Waals surface area contributed by atoms with E-state index in [0.29, 0.717) is 24.0 Å². The summed E-state index contributed by atoms with van der Waals surface area (Å²) in [6.45, 7) is 9.69. The number of carbonyl (C=O) groups excluding carboxylic acids is 1. The van der Waals surface area contributed by atoms with Crippen molar-refractivity contribution in [1.82, 2.24) is 20.2 Å². The van der Waals surface area contributed by atoms with E-state index in [1.54, 1.807) is 6.20 Å². The minimum absolute atomic E-state index is 0.108. The van der Waals surface area contributed by atoms with Gasteiger partial charge in [-0.2, -0.15) is 0 Å². The summed E-state index contributed by atoms with van der Waals surface area (Å²) in [4.78, 5) is 22.7. The Morgan fingerprint density at radius 1 is 1.55 bits per heavy atom. The molecule has 20 heavy (non-hydrogen) atoms. The van der Waals surface area contributed by atoms with Crippen LogP contribution < -0.4 is 5.32 Å². The molecule has 1 aromatic heterocycles. The molecule has 0 bridgehead atoms. The first-order valence-corrected chi connectivity index (χ1v) is 6.98. The molecule has 1 aliphatic rings. The molecule has 1 fully saturated rings. The lowest BCUT2D eigenvalue weighted by Gasteiger charge is -2.33. The molecule has 0 aromatic carbocycles. The van der Waals surface area contributed by atoms with E-state index in [0.717, 1.165) is 32.0 Å². The van der Waals surface area contributed by atoms with E-state index in [-0.39, 0.29) is 5.91 Å². The number of aryl methyl sites for hydroxylation is 2. The molecule has 1 saturated heterocycles. The van der Waals surface area contributed by atoms with Crippen molar-refractivity contribution in [3.63, 3.8) is 0 Å². The van der Waals surface area contributed by atoms with Crippen molar-refractivity contribution < 1.29 is 9.53 Å². The van der Waals surface area contributed by atoms with Crippen LogP contribution in [0.15, 0.2) is 6.20 Å². The minimum Gasteiger partial charge on any atom is -0.379 e. The normalized spacial score (nSPS) is 19.9. The zero-order valence-corrected chi connectivity index (χ0v) is 12.3. The Kier molecular flexibility index (Phi) is 5.03. The number of carbonyl (C=O) groups is 1. The summed E-state index contributed by atoms with van der Waals surface area (Å²) < 4.78 is 5.39. The first kappa shape index (κ1) is 14.9. The highest BCUT2D eigenvalue weighted by molar-refractivity contribution is 5.94. The van der Waals surface area contributed by atoms with Crippen molar-refractivity contribution in [1.29, 1.82) is 0 Å². The van der Waals surface area contributed by atoms with E-state index in [9.17, 15) is 4.79 Å². The van der Waals surface area contributed by atoms with Gasteiger partial charge >= 0.3 is 0 Å². The quantitative estimate of drug-likeness (QED) is 0.871. The summed E-state index contributed by atoms with van der Waals surface area (Å²) in [6.07, 6.45) is 1.59. The van der Waals surface area contributed by atoms with Crippen LogP contribution in [0, 0.1) is 13.8 Å². The molecule has 2 rings (SSSR count). The molecule has 2 heterocycles. The molecule has 0 aliphatic carbocycles. The highest BCUT2D eigenvalue weighted by Gasteiger charge is 2.18. The molecule has 0 radical (unpaired) electrons. The fraction of sp³-hybridized carbons (Fsp3) is 0.643. The van der Waals surface area contributed by atoms with E-state index < -0.39 is 0 Å². The highest BCUT2D eigenvalue weighted by atomic mass is 16.5. The van der Waals surface area contributed by atoms with Crippen LogP contribution in [0.25, 0.3) is 0 Å². The number of rotatable bonds is 4. The van der Waals surface area contributed by atoms with Crippen molar-refractivity contribution in [3.8, 4) is 0 Å². The van der Waals surface area contributed by atoms with Crippen LogP contribution in [0.3, 0.4) is 0 Å². The van der Waals surface area contributed by atoms with Gasteiger partial charge in [0.05, 0.1) is 24.5 Å². The zero-order valence-electron chi connectivity index (χ0n) is 12.3. The summed E-state index contributed by atoms with van der Waals surface area (Å²) in [7, 11) is 0. The van der Waals surface area contributed by atoms with Crippen LogP contribution in [0.1, 0.15) is 28.8 Å². The van der Waals surface area contributed by atoms with E-state index in [1.165, 1.54) is 0 Å². The average Bonchev–Trinajstić information content (AvgIpc) is 2.40. The zero-order chi connectivity index (χ0) is 14.5. The lowest BCUT2D eigenvalue weighted by atomic mass is 10.2. The molecule has 6 nitrogen and oxygen atoms in total. The van der Waals surface area contributed by atoms with Crippen LogP contribution >= 0.6 is 0 Å². The lowest BCUT2D eigenvalue weighted by Crippen LogP contribution is -2.46. The van der Waals surface area contributed by atoms with E-state index in [2.05, 4.69) is 27.1 Å². The molecule has 0 spiro atoms. The van der Waals surface area contributed by atoms with Crippen LogP contribution in [0.4, 0.5) is 0 Å². The van der Waals surface area contributed by atoms with Gasteiger partial charge in [-0.3, -0.25) is 9.69 Å². The van der Waals surface area contributed by atoms with Gasteiger partial charge in [0.25, 0.3) is 5.91 Å². The SMILES string of the molecule is Cc1ncc(C(=O)NCCN2CCOCC2C)c(C)n1. The fourth-order valence-corrected chi connectivity index (χ4v) is 2.31. The Hall–Kier alpha value is -1.53. The Balaban J connectivity index is 1.83. The number of aromatic nitrogens is 2. The topological polar surface area (TPSA) is 67.4 Å². The Labute approximate surface area is 119 Å². The molecule has 0 saturated carbocycles. The maximum atomic E-state index is 12.1. The Morgan fingerprint density at radius 2 is 2.35 bits per heavy atom. The molecule has 110 valence electrons. The smallest absolute Gasteiger partial charge is 0.254 e. The largest absolute Gasteiger partial charge is 0.379 e. The summed E-state index contributed by atoms with van der Waals surface area (Å²) in [5, 5.41) is 2.93. The van der Waals surface area contributed by atoms with Gasteiger partial charge < -0.3 is 10.1 Å². The third-order valence-electron chi connectivity index (χ3n) is 3.53. The van der Waals surface area contributed by atoms with Crippen molar-refractivity contribution in [2.75, 3.05) is 32.8 Å². The second-order valence-corrected chi connectivity index (χ2v) is 5.13. The maximum absolute atomic E-state index is 12.1. The molecule has 1 N–H and O–H groups in total. The summed E-state index contributed by atoms with van der Waals surface area (Å²) >= 11 is 0. The monoisotopic (exact) mass is 278 g/mol. The molecule has 1 unspecified atom stereocenters. The van der Waals surface area contributed by atoms with Gasteiger partial charge in [0.2, 0.25) is 0 Å².